The Balaban J connectivity index is 0.00000162. The molecule has 1 aliphatic heterocycles. The van der Waals surface area contributed by atoms with Crippen molar-refractivity contribution < 1.29 is 4.79 Å². The van der Waals surface area contributed by atoms with Gasteiger partial charge in [0.25, 0.3) is 0 Å². The van der Waals surface area contributed by atoms with Gasteiger partial charge in [0.15, 0.2) is 5.78 Å². The Bertz CT molecular complexity index is 429. The highest BCUT2D eigenvalue weighted by atomic mass is 35.5. The maximum atomic E-state index is 11.4. The van der Waals surface area contributed by atoms with Gasteiger partial charge in [0.2, 0.25) is 0 Å². The second-order valence-corrected chi connectivity index (χ2v) is 4.98. The molecule has 0 N–H and O–H groups in total. The molecule has 0 amide bonds. The number of Topliss-reactive ketones (excluding diaryl/α,β-unsaturated/α-hetero) is 1. The summed E-state index contributed by atoms with van der Waals surface area (Å²) in [6.07, 6.45) is 0. The smallest absolute Gasteiger partial charge is 0.159 e. The normalized spacial score (nSPS) is 16.3. The van der Waals surface area contributed by atoms with E-state index in [1.807, 2.05) is 12.1 Å². The van der Waals surface area contributed by atoms with Crippen LogP contribution in [0.5, 0.6) is 0 Å². The van der Waals surface area contributed by atoms with Gasteiger partial charge in [-0.05, 0) is 32.2 Å². The molecule has 1 saturated heterocycles. The van der Waals surface area contributed by atoms with E-state index in [2.05, 4.69) is 16.8 Å². The Morgan fingerprint density at radius 1 is 1.17 bits per heavy atom. The predicted molar refractivity (Wildman–Crippen MR) is 78.4 cm³/mol. The van der Waals surface area contributed by atoms with Crippen LogP contribution >= 0.6 is 24.0 Å². The summed E-state index contributed by atoms with van der Waals surface area (Å²) >= 11 is 6.05. The van der Waals surface area contributed by atoms with Gasteiger partial charge >= 0.3 is 0 Å². The van der Waals surface area contributed by atoms with Gasteiger partial charge in [0, 0.05) is 42.5 Å². The highest BCUT2D eigenvalue weighted by Crippen LogP contribution is 2.23. The van der Waals surface area contributed by atoms with Gasteiger partial charge in [-0.3, -0.25) is 4.79 Å². The molecule has 0 atom stereocenters. The van der Waals surface area contributed by atoms with Gasteiger partial charge in [-0.25, -0.2) is 0 Å². The number of rotatable bonds is 2. The summed E-state index contributed by atoms with van der Waals surface area (Å²) in [7, 11) is 2.12. The van der Waals surface area contributed by atoms with Crippen molar-refractivity contribution >= 4 is 35.5 Å². The zero-order chi connectivity index (χ0) is 12.4. The lowest BCUT2D eigenvalue weighted by Crippen LogP contribution is -2.44. The molecule has 18 heavy (non-hydrogen) atoms. The molecule has 2 rings (SSSR count). The van der Waals surface area contributed by atoms with E-state index in [0.717, 1.165) is 31.9 Å². The van der Waals surface area contributed by atoms with E-state index in [-0.39, 0.29) is 18.2 Å². The Morgan fingerprint density at radius 2 is 1.78 bits per heavy atom. The van der Waals surface area contributed by atoms with Crippen LogP contribution in [0.1, 0.15) is 17.3 Å². The van der Waals surface area contributed by atoms with Crippen LogP contribution in [0, 0.1) is 0 Å². The summed E-state index contributed by atoms with van der Waals surface area (Å²) in [5, 5.41) is 0.631. The van der Waals surface area contributed by atoms with Crippen molar-refractivity contribution in [3.05, 3.63) is 28.8 Å². The fraction of sp³-hybridized carbons (Fsp3) is 0.462. The molecule has 5 heteroatoms. The van der Waals surface area contributed by atoms with Crippen LogP contribution < -0.4 is 4.90 Å². The molecule has 0 spiro atoms. The van der Waals surface area contributed by atoms with Crippen LogP contribution in [0.4, 0.5) is 5.69 Å². The van der Waals surface area contributed by atoms with Gasteiger partial charge in [-0.15, -0.1) is 12.4 Å². The highest BCUT2D eigenvalue weighted by Gasteiger charge is 2.15. The minimum absolute atomic E-state index is 0. The number of benzene rings is 1. The molecule has 1 fully saturated rings. The Labute approximate surface area is 119 Å². The lowest BCUT2D eigenvalue weighted by atomic mass is 10.1. The van der Waals surface area contributed by atoms with Crippen LogP contribution in [-0.4, -0.2) is 43.9 Å². The van der Waals surface area contributed by atoms with Gasteiger partial charge in [-0.1, -0.05) is 11.6 Å². The van der Waals surface area contributed by atoms with E-state index in [4.69, 9.17) is 11.6 Å². The van der Waals surface area contributed by atoms with Gasteiger partial charge < -0.3 is 9.80 Å². The number of carbonyl (C=O) groups excluding carboxylic acids is 1. The number of piperazine rings is 1. The number of ketones is 1. The maximum Gasteiger partial charge on any atom is 0.159 e. The van der Waals surface area contributed by atoms with Gasteiger partial charge in [-0.2, -0.15) is 0 Å². The van der Waals surface area contributed by atoms with Crippen molar-refractivity contribution in [1.29, 1.82) is 0 Å². The molecule has 0 saturated carbocycles. The van der Waals surface area contributed by atoms with Crippen molar-refractivity contribution in [3.8, 4) is 0 Å². The molecule has 0 unspecified atom stereocenters. The summed E-state index contributed by atoms with van der Waals surface area (Å²) in [6.45, 7) is 5.62. The molecule has 1 aromatic carbocycles. The minimum atomic E-state index is 0. The predicted octanol–water partition coefficient (Wildman–Crippen LogP) is 2.72. The second-order valence-electron chi connectivity index (χ2n) is 4.54. The molecule has 0 radical (unpaired) electrons. The summed E-state index contributed by atoms with van der Waals surface area (Å²) in [5.74, 6) is 0.0582. The molecule has 0 bridgehead atoms. The summed E-state index contributed by atoms with van der Waals surface area (Å²) in [4.78, 5) is 16.0. The third-order valence-corrected chi connectivity index (χ3v) is 3.38. The SMILES string of the molecule is CC(=O)c1cc(Cl)cc(N2CCN(C)CC2)c1.Cl. The first kappa shape index (κ1) is 15.3. The first-order valence-corrected chi connectivity index (χ1v) is 6.19. The standard InChI is InChI=1S/C13H17ClN2O.ClH/c1-10(17)11-7-12(14)9-13(8-11)16-5-3-15(2)4-6-16;/h7-9H,3-6H2,1-2H3;1H. The van der Waals surface area contributed by atoms with Crippen molar-refractivity contribution in [3.63, 3.8) is 0 Å². The van der Waals surface area contributed by atoms with Gasteiger partial charge in [0.05, 0.1) is 0 Å². The van der Waals surface area contributed by atoms with E-state index in [1.54, 1.807) is 13.0 Å². The van der Waals surface area contributed by atoms with E-state index < -0.39 is 0 Å². The monoisotopic (exact) mass is 288 g/mol. The molecular formula is C13H18Cl2N2O. The van der Waals surface area contributed by atoms with E-state index in [0.29, 0.717) is 10.6 Å². The Kier molecular flexibility index (Phi) is 5.45. The largest absolute Gasteiger partial charge is 0.369 e. The van der Waals surface area contributed by atoms with E-state index in [1.165, 1.54) is 0 Å². The average Bonchev–Trinajstić information content (AvgIpc) is 2.29. The molecule has 0 aromatic heterocycles. The zero-order valence-electron chi connectivity index (χ0n) is 10.6. The first-order chi connectivity index (χ1) is 8.06. The van der Waals surface area contributed by atoms with E-state index in [9.17, 15) is 4.79 Å². The van der Waals surface area contributed by atoms with Crippen molar-refractivity contribution in [2.24, 2.45) is 0 Å². The molecule has 100 valence electrons. The van der Waals surface area contributed by atoms with Crippen molar-refractivity contribution in [1.82, 2.24) is 4.90 Å². The van der Waals surface area contributed by atoms with Crippen LogP contribution in [0.25, 0.3) is 0 Å². The maximum absolute atomic E-state index is 11.4. The lowest BCUT2D eigenvalue weighted by molar-refractivity contribution is 0.101. The number of hydrogen-bond donors (Lipinski definition) is 0. The summed E-state index contributed by atoms with van der Waals surface area (Å²) < 4.78 is 0. The number of hydrogen-bond acceptors (Lipinski definition) is 3. The quantitative estimate of drug-likeness (QED) is 0.782. The molecule has 3 nitrogen and oxygen atoms in total. The third-order valence-electron chi connectivity index (χ3n) is 3.16. The Morgan fingerprint density at radius 3 is 2.33 bits per heavy atom. The number of anilines is 1. The lowest BCUT2D eigenvalue weighted by Gasteiger charge is -2.34. The van der Waals surface area contributed by atoms with Crippen molar-refractivity contribution in [2.45, 2.75) is 6.92 Å². The molecule has 0 aliphatic carbocycles. The Hall–Kier alpha value is -0.770. The average molecular weight is 289 g/mol. The second kappa shape index (κ2) is 6.41. The number of halogens is 2. The topological polar surface area (TPSA) is 23.6 Å². The van der Waals surface area contributed by atoms with E-state index >= 15 is 0 Å². The molecule has 1 aliphatic rings. The zero-order valence-corrected chi connectivity index (χ0v) is 12.2. The molecule has 1 aromatic rings. The van der Waals surface area contributed by atoms with Gasteiger partial charge in [0.1, 0.15) is 0 Å². The molecular weight excluding hydrogens is 271 g/mol. The third kappa shape index (κ3) is 3.61. The van der Waals surface area contributed by atoms with Crippen LogP contribution in [0.15, 0.2) is 18.2 Å². The summed E-state index contributed by atoms with van der Waals surface area (Å²) in [6, 6.07) is 5.59. The number of nitrogens with zero attached hydrogens (tertiary/aromatic N) is 2. The van der Waals surface area contributed by atoms with Crippen molar-refractivity contribution in [2.75, 3.05) is 38.1 Å². The molecule has 1 heterocycles. The van der Waals surface area contributed by atoms with Crippen LogP contribution in [-0.2, 0) is 0 Å². The number of likely N-dealkylation sites (N-methyl/N-ethyl adjacent to an activating group) is 1. The first-order valence-electron chi connectivity index (χ1n) is 5.81. The van der Waals surface area contributed by atoms with Crippen LogP contribution in [0.3, 0.4) is 0 Å². The fourth-order valence-corrected chi connectivity index (χ4v) is 2.25. The summed E-state index contributed by atoms with van der Waals surface area (Å²) in [5.41, 5.74) is 1.74. The van der Waals surface area contributed by atoms with Crippen LogP contribution in [0.2, 0.25) is 5.02 Å². The number of carbonyl (C=O) groups is 1. The fourth-order valence-electron chi connectivity index (χ4n) is 2.02. The minimum Gasteiger partial charge on any atom is -0.369 e. The highest BCUT2D eigenvalue weighted by molar-refractivity contribution is 6.31.